The Kier molecular flexibility index (Phi) is 5.19. The van der Waals surface area contributed by atoms with Crippen molar-refractivity contribution >= 4 is 38.1 Å². The van der Waals surface area contributed by atoms with Crippen LogP contribution in [0.2, 0.25) is 0 Å². The first kappa shape index (κ1) is 18.9. The highest BCUT2D eigenvalue weighted by molar-refractivity contribution is 7.93. The number of hydrogen-bond donors (Lipinski definition) is 2. The van der Waals surface area contributed by atoms with E-state index in [2.05, 4.69) is 15.0 Å². The Morgan fingerprint density at radius 3 is 2.44 bits per heavy atom. The Morgan fingerprint density at radius 2 is 1.81 bits per heavy atom. The van der Waals surface area contributed by atoms with Gasteiger partial charge in [-0.1, -0.05) is 0 Å². The first-order chi connectivity index (χ1) is 12.7. The maximum atomic E-state index is 13.8. The van der Waals surface area contributed by atoms with E-state index in [1.807, 2.05) is 0 Å². The second-order valence-electron chi connectivity index (χ2n) is 5.47. The number of rotatable bonds is 5. The summed E-state index contributed by atoms with van der Waals surface area (Å²) in [7, 11) is -3.91. The van der Waals surface area contributed by atoms with Crippen molar-refractivity contribution in [3.05, 3.63) is 59.5 Å². The summed E-state index contributed by atoms with van der Waals surface area (Å²) in [6.07, 6.45) is 0. The number of sulfonamides is 1. The van der Waals surface area contributed by atoms with Gasteiger partial charge in [-0.05, 0) is 36.4 Å². The van der Waals surface area contributed by atoms with Crippen molar-refractivity contribution in [3.63, 3.8) is 0 Å². The minimum atomic E-state index is -3.91. The molecular formula is C17H13F2N3O3S2. The van der Waals surface area contributed by atoms with Crippen LogP contribution in [0.4, 0.5) is 19.6 Å². The van der Waals surface area contributed by atoms with Crippen LogP contribution in [0.5, 0.6) is 0 Å². The molecule has 0 fully saturated rings. The molecule has 0 aliphatic carbocycles. The van der Waals surface area contributed by atoms with E-state index in [0.717, 1.165) is 23.5 Å². The van der Waals surface area contributed by atoms with E-state index in [1.54, 1.807) is 0 Å². The average Bonchev–Trinajstić information content (AvgIpc) is 3.02. The number of amides is 1. The van der Waals surface area contributed by atoms with Crippen LogP contribution in [0.15, 0.2) is 52.7 Å². The van der Waals surface area contributed by atoms with Crippen molar-refractivity contribution in [1.82, 2.24) is 4.98 Å². The Labute approximate surface area is 157 Å². The zero-order chi connectivity index (χ0) is 19.6. The van der Waals surface area contributed by atoms with Crippen LogP contribution in [-0.2, 0) is 14.8 Å². The quantitative estimate of drug-likeness (QED) is 0.670. The average molecular weight is 409 g/mol. The van der Waals surface area contributed by atoms with Gasteiger partial charge in [-0.25, -0.2) is 22.2 Å². The number of carbonyl (C=O) groups is 1. The van der Waals surface area contributed by atoms with Crippen molar-refractivity contribution in [2.75, 3.05) is 10.0 Å². The lowest BCUT2D eigenvalue weighted by Crippen LogP contribution is -2.13. The Bertz CT molecular complexity index is 1100. The first-order valence-electron chi connectivity index (χ1n) is 7.56. The fourth-order valence-electron chi connectivity index (χ4n) is 2.24. The molecule has 0 aliphatic rings. The highest BCUT2D eigenvalue weighted by Gasteiger charge is 2.17. The molecule has 1 aromatic heterocycles. The number of hydrogen-bond acceptors (Lipinski definition) is 5. The number of anilines is 2. The molecular weight excluding hydrogens is 396 g/mol. The van der Waals surface area contributed by atoms with Crippen molar-refractivity contribution in [1.29, 1.82) is 0 Å². The number of carbonyl (C=O) groups excluding carboxylic acids is 1. The highest BCUT2D eigenvalue weighted by Crippen LogP contribution is 2.28. The lowest BCUT2D eigenvalue weighted by atomic mass is 10.1. The van der Waals surface area contributed by atoms with E-state index >= 15 is 0 Å². The summed E-state index contributed by atoms with van der Waals surface area (Å²) < 4.78 is 54.0. The molecule has 2 N–H and O–H groups in total. The number of nitrogens with one attached hydrogen (secondary N) is 2. The SMILES string of the molecule is CC(=O)Nc1ccc(S(=O)(=O)Nc2nc(-c3ccc(F)cc3F)cs2)cc1. The second-order valence-corrected chi connectivity index (χ2v) is 8.01. The predicted octanol–water partition coefficient (Wildman–Crippen LogP) is 3.85. The molecule has 0 atom stereocenters. The Morgan fingerprint density at radius 1 is 1.11 bits per heavy atom. The maximum absolute atomic E-state index is 13.8. The van der Waals surface area contributed by atoms with Crippen LogP contribution in [0.1, 0.15) is 6.92 Å². The van der Waals surface area contributed by atoms with Gasteiger partial charge in [0.2, 0.25) is 5.91 Å². The minimum absolute atomic E-state index is 0.0266. The van der Waals surface area contributed by atoms with Gasteiger partial charge in [-0.3, -0.25) is 9.52 Å². The number of benzene rings is 2. The fraction of sp³-hybridized carbons (Fsp3) is 0.0588. The van der Waals surface area contributed by atoms with Crippen LogP contribution in [0.3, 0.4) is 0 Å². The van der Waals surface area contributed by atoms with Crippen LogP contribution < -0.4 is 10.0 Å². The monoisotopic (exact) mass is 409 g/mol. The molecule has 3 rings (SSSR count). The lowest BCUT2D eigenvalue weighted by molar-refractivity contribution is -0.114. The van der Waals surface area contributed by atoms with Gasteiger partial charge in [-0.15, -0.1) is 11.3 Å². The third kappa shape index (κ3) is 4.47. The summed E-state index contributed by atoms with van der Waals surface area (Å²) in [6, 6.07) is 8.64. The second kappa shape index (κ2) is 7.41. The van der Waals surface area contributed by atoms with Crippen molar-refractivity contribution in [2.45, 2.75) is 11.8 Å². The molecule has 27 heavy (non-hydrogen) atoms. The van der Waals surface area contributed by atoms with E-state index in [1.165, 1.54) is 42.6 Å². The molecule has 0 unspecified atom stereocenters. The van der Waals surface area contributed by atoms with Gasteiger partial charge in [-0.2, -0.15) is 0 Å². The van der Waals surface area contributed by atoms with Gasteiger partial charge < -0.3 is 5.32 Å². The smallest absolute Gasteiger partial charge is 0.263 e. The third-order valence-corrected chi connectivity index (χ3v) is 5.66. The normalized spacial score (nSPS) is 11.2. The fourth-order valence-corrected chi connectivity index (χ4v) is 4.20. The van der Waals surface area contributed by atoms with Crippen LogP contribution in [0, 0.1) is 11.6 Å². The molecule has 2 aromatic carbocycles. The molecule has 3 aromatic rings. The van der Waals surface area contributed by atoms with Gasteiger partial charge in [0.05, 0.1) is 10.6 Å². The van der Waals surface area contributed by atoms with Gasteiger partial charge >= 0.3 is 0 Å². The summed E-state index contributed by atoms with van der Waals surface area (Å²) in [6.45, 7) is 1.34. The van der Waals surface area contributed by atoms with E-state index in [4.69, 9.17) is 0 Å². The molecule has 0 bridgehead atoms. The lowest BCUT2D eigenvalue weighted by Gasteiger charge is -2.07. The molecule has 0 spiro atoms. The molecule has 0 saturated carbocycles. The first-order valence-corrected chi connectivity index (χ1v) is 9.92. The highest BCUT2D eigenvalue weighted by atomic mass is 32.2. The summed E-state index contributed by atoms with van der Waals surface area (Å²) in [5.41, 5.74) is 0.721. The van der Waals surface area contributed by atoms with Crippen LogP contribution in [0.25, 0.3) is 11.3 Å². The zero-order valence-corrected chi connectivity index (χ0v) is 15.5. The maximum Gasteiger partial charge on any atom is 0.263 e. The van der Waals surface area contributed by atoms with Gasteiger partial charge in [0.15, 0.2) is 5.13 Å². The summed E-state index contributed by atoms with van der Waals surface area (Å²) in [5, 5.41) is 4.04. The predicted molar refractivity (Wildman–Crippen MR) is 99.0 cm³/mol. The zero-order valence-electron chi connectivity index (χ0n) is 13.9. The van der Waals surface area contributed by atoms with Gasteiger partial charge in [0.1, 0.15) is 11.6 Å². The summed E-state index contributed by atoms with van der Waals surface area (Å²) in [4.78, 5) is 15.0. The number of aromatic nitrogens is 1. The van der Waals surface area contributed by atoms with E-state index in [0.29, 0.717) is 5.69 Å². The largest absolute Gasteiger partial charge is 0.326 e. The topological polar surface area (TPSA) is 88.2 Å². The van der Waals surface area contributed by atoms with Gasteiger partial charge in [0, 0.05) is 29.6 Å². The van der Waals surface area contributed by atoms with Crippen LogP contribution >= 0.6 is 11.3 Å². The van der Waals surface area contributed by atoms with E-state index in [-0.39, 0.29) is 27.2 Å². The minimum Gasteiger partial charge on any atom is -0.326 e. The summed E-state index contributed by atoms with van der Waals surface area (Å²) in [5.74, 6) is -1.77. The van der Waals surface area contributed by atoms with E-state index < -0.39 is 21.7 Å². The van der Waals surface area contributed by atoms with Gasteiger partial charge in [0.25, 0.3) is 10.0 Å². The standard InChI is InChI=1S/C17H13F2N3O3S2/c1-10(23)20-12-3-5-13(6-4-12)27(24,25)22-17-21-16(9-26-17)14-7-2-11(18)8-15(14)19/h2-9H,1H3,(H,20,23)(H,21,22). The molecule has 6 nitrogen and oxygen atoms in total. The number of thiazole rings is 1. The number of halogens is 2. The van der Waals surface area contributed by atoms with Crippen molar-refractivity contribution in [2.24, 2.45) is 0 Å². The molecule has 1 heterocycles. The molecule has 1 amide bonds. The van der Waals surface area contributed by atoms with Crippen molar-refractivity contribution in [3.8, 4) is 11.3 Å². The van der Waals surface area contributed by atoms with Crippen LogP contribution in [-0.4, -0.2) is 19.3 Å². The van der Waals surface area contributed by atoms with Crippen molar-refractivity contribution < 1.29 is 22.0 Å². The molecule has 0 radical (unpaired) electrons. The molecule has 140 valence electrons. The third-order valence-electron chi connectivity index (χ3n) is 3.42. The van der Waals surface area contributed by atoms with E-state index in [9.17, 15) is 22.0 Å². The molecule has 0 saturated heterocycles. The Hall–Kier alpha value is -2.85. The molecule has 0 aliphatic heterocycles. The Balaban J connectivity index is 1.80. The molecule has 10 heteroatoms. The summed E-state index contributed by atoms with van der Waals surface area (Å²) >= 11 is 0.972. The number of nitrogens with zero attached hydrogens (tertiary/aromatic N) is 1.